The summed E-state index contributed by atoms with van der Waals surface area (Å²) in [6, 6.07) is 9.48. The van der Waals surface area contributed by atoms with Gasteiger partial charge in [0.2, 0.25) is 0 Å². The summed E-state index contributed by atoms with van der Waals surface area (Å²) < 4.78 is 81.6. The lowest BCUT2D eigenvalue weighted by Crippen LogP contribution is -2.49. The first kappa shape index (κ1) is 37.0. The van der Waals surface area contributed by atoms with Crippen LogP contribution in [0.4, 0.5) is 26.3 Å². The van der Waals surface area contributed by atoms with Crippen LogP contribution in [0.15, 0.2) is 71.8 Å². The topological polar surface area (TPSA) is 64.5 Å². The maximum atomic E-state index is 13.7. The van der Waals surface area contributed by atoms with Gasteiger partial charge in [-0.1, -0.05) is 87.4 Å². The summed E-state index contributed by atoms with van der Waals surface area (Å²) in [6.45, 7) is 7.06. The van der Waals surface area contributed by atoms with Crippen molar-refractivity contribution in [2.45, 2.75) is 104 Å². The minimum atomic E-state index is -4.55. The van der Waals surface area contributed by atoms with E-state index in [9.17, 15) is 36.6 Å². The van der Waals surface area contributed by atoms with Crippen LogP contribution in [0, 0.1) is 0 Å². The number of aromatic hydroxyl groups is 2. The van der Waals surface area contributed by atoms with Gasteiger partial charge in [-0.2, -0.15) is 26.3 Å². The first-order valence-corrected chi connectivity index (χ1v) is 15.8. The van der Waals surface area contributed by atoms with E-state index in [0.29, 0.717) is 17.5 Å². The molecule has 2 aliphatic rings. The number of para-hydroxylation sites is 2. The van der Waals surface area contributed by atoms with Crippen molar-refractivity contribution in [1.29, 1.82) is 0 Å². The minimum absolute atomic E-state index is 0.0137. The molecule has 1 unspecified atom stereocenters. The Morgan fingerprint density at radius 3 is 1.98 bits per heavy atom. The fourth-order valence-electron chi connectivity index (χ4n) is 5.95. The fourth-order valence-corrected chi connectivity index (χ4v) is 5.95. The molecule has 1 saturated carbocycles. The molecule has 4 N–H and O–H groups in total. The van der Waals surface area contributed by atoms with Gasteiger partial charge in [-0.05, 0) is 50.7 Å². The van der Waals surface area contributed by atoms with Crippen LogP contribution in [-0.4, -0.2) is 34.6 Å². The first-order valence-electron chi connectivity index (χ1n) is 15.8. The number of phenols is 2. The van der Waals surface area contributed by atoms with Gasteiger partial charge in [-0.15, -0.1) is 0 Å². The van der Waals surface area contributed by atoms with Crippen molar-refractivity contribution in [1.82, 2.24) is 10.6 Å². The molecular formula is C36H44F6N2O2. The summed E-state index contributed by atoms with van der Waals surface area (Å²) in [7, 11) is 0. The molecule has 46 heavy (non-hydrogen) atoms. The highest BCUT2D eigenvalue weighted by Gasteiger charge is 2.37. The van der Waals surface area contributed by atoms with Crippen LogP contribution >= 0.6 is 0 Å². The van der Waals surface area contributed by atoms with E-state index in [1.54, 1.807) is 37.3 Å². The number of phenolic OH excluding ortho intramolecular Hbond substituents is 2. The van der Waals surface area contributed by atoms with E-state index in [1.807, 2.05) is 13.8 Å². The Kier molecular flexibility index (Phi) is 13.1. The number of hydrogen-bond donors (Lipinski definition) is 4. The quantitative estimate of drug-likeness (QED) is 0.161. The van der Waals surface area contributed by atoms with E-state index in [-0.39, 0.29) is 65.4 Å². The zero-order chi connectivity index (χ0) is 34.1. The van der Waals surface area contributed by atoms with E-state index in [2.05, 4.69) is 10.6 Å². The number of alkyl halides is 6. The summed E-state index contributed by atoms with van der Waals surface area (Å²) in [5, 5.41) is 28.9. The van der Waals surface area contributed by atoms with Crippen molar-refractivity contribution >= 4 is 11.1 Å². The second-order valence-corrected chi connectivity index (χ2v) is 11.3. The number of rotatable bonds is 9. The van der Waals surface area contributed by atoms with E-state index in [4.69, 9.17) is 0 Å². The molecule has 0 amide bonds. The van der Waals surface area contributed by atoms with Crippen molar-refractivity contribution in [3.8, 4) is 11.5 Å². The van der Waals surface area contributed by atoms with Crippen LogP contribution in [0.5, 0.6) is 11.5 Å². The van der Waals surface area contributed by atoms with Gasteiger partial charge in [-0.3, -0.25) is 0 Å². The van der Waals surface area contributed by atoms with Gasteiger partial charge in [0.05, 0.1) is 0 Å². The molecule has 4 nitrogen and oxygen atoms in total. The Balaban J connectivity index is 0.00000282. The van der Waals surface area contributed by atoms with Gasteiger partial charge in [0.1, 0.15) is 11.5 Å². The smallest absolute Gasteiger partial charge is 0.413 e. The van der Waals surface area contributed by atoms with Crippen molar-refractivity contribution in [2.24, 2.45) is 0 Å². The van der Waals surface area contributed by atoms with Crippen LogP contribution in [0.25, 0.3) is 11.1 Å². The Labute approximate surface area is 267 Å². The Morgan fingerprint density at radius 2 is 1.43 bits per heavy atom. The zero-order valence-corrected chi connectivity index (χ0v) is 26.7. The summed E-state index contributed by atoms with van der Waals surface area (Å²) in [6.07, 6.45) is 0.604. The molecule has 0 saturated heterocycles. The van der Waals surface area contributed by atoms with Gasteiger partial charge in [0.15, 0.2) is 0 Å². The lowest BCUT2D eigenvalue weighted by Gasteiger charge is -2.33. The van der Waals surface area contributed by atoms with Gasteiger partial charge >= 0.3 is 12.4 Å². The molecule has 2 aliphatic carbocycles. The average Bonchev–Trinajstić information content (AvgIpc) is 3.03. The lowest BCUT2D eigenvalue weighted by atomic mass is 9.89. The fraction of sp³-hybridized carbons (Fsp3) is 0.444. The molecular weight excluding hydrogens is 606 g/mol. The van der Waals surface area contributed by atoms with E-state index < -0.39 is 23.5 Å². The van der Waals surface area contributed by atoms with Gasteiger partial charge in [-0.25, -0.2) is 0 Å². The van der Waals surface area contributed by atoms with Crippen molar-refractivity contribution in [3.05, 3.63) is 94.1 Å². The largest absolute Gasteiger partial charge is 0.507 e. The predicted octanol–water partition coefficient (Wildman–Crippen LogP) is 9.89. The number of nitrogens with one attached hydrogen (secondary N) is 2. The zero-order valence-electron chi connectivity index (χ0n) is 26.7. The van der Waals surface area contributed by atoms with E-state index in [1.165, 1.54) is 30.4 Å². The van der Waals surface area contributed by atoms with Crippen LogP contribution in [0.1, 0.15) is 88.5 Å². The van der Waals surface area contributed by atoms with Crippen LogP contribution in [-0.2, 0) is 13.1 Å². The maximum Gasteiger partial charge on any atom is 0.413 e. The second kappa shape index (κ2) is 16.4. The summed E-state index contributed by atoms with van der Waals surface area (Å²) in [5.74, 6) is -0.410. The molecule has 0 radical (unpaired) electrons. The Morgan fingerprint density at radius 1 is 0.870 bits per heavy atom. The molecule has 0 spiro atoms. The standard InChI is InChI=1S/C34H38F6N2O2.C2H6/c1-3-10-24(21(2)33(35,36)37)26-14-8-11-22(31(26)43)19-41-29-17-6-7-18-30(29)42-20-23-12-9-15-27(32(23)44)25-13-4-5-16-28(25)34(38,39)40;1-2/h3-4,8-15,29-30,41-44H,5-7,16-20H2,1-2H3;1-2H3/b10-3-,24-21-;/t29-,30?;/m1./s1. The van der Waals surface area contributed by atoms with Crippen LogP contribution < -0.4 is 10.6 Å². The lowest BCUT2D eigenvalue weighted by molar-refractivity contribution is -0.0936. The van der Waals surface area contributed by atoms with Crippen molar-refractivity contribution in [2.75, 3.05) is 0 Å². The number of hydrogen-bond acceptors (Lipinski definition) is 4. The molecule has 2 aromatic rings. The van der Waals surface area contributed by atoms with Gasteiger partial charge in [0, 0.05) is 58.6 Å². The van der Waals surface area contributed by atoms with Gasteiger partial charge < -0.3 is 20.8 Å². The molecule has 0 heterocycles. The average molecular weight is 651 g/mol. The molecule has 0 aliphatic heterocycles. The third-order valence-electron chi connectivity index (χ3n) is 8.37. The monoisotopic (exact) mass is 650 g/mol. The third kappa shape index (κ3) is 9.06. The highest BCUT2D eigenvalue weighted by atomic mass is 19.4. The van der Waals surface area contributed by atoms with Crippen LogP contribution in [0.3, 0.4) is 0 Å². The SMILES string of the molecule is C/C=C\C(=C(/C)C(F)(F)F)c1cccc(CN[C@@H]2CCCCC2NCc2cccc(C3=C(C(F)(F)F)CCC=C3)c2O)c1O.CC. The normalized spacial score (nSPS) is 19.6. The van der Waals surface area contributed by atoms with Crippen molar-refractivity contribution < 1.29 is 36.6 Å². The van der Waals surface area contributed by atoms with Crippen molar-refractivity contribution in [3.63, 3.8) is 0 Å². The van der Waals surface area contributed by atoms with Gasteiger partial charge in [0.25, 0.3) is 0 Å². The Hall–Kier alpha value is -3.50. The number of allylic oxidation sites excluding steroid dienone is 8. The molecule has 1 fully saturated rings. The van der Waals surface area contributed by atoms with E-state index in [0.717, 1.165) is 32.6 Å². The summed E-state index contributed by atoms with van der Waals surface area (Å²) in [5.41, 5.74) is -0.370. The summed E-state index contributed by atoms with van der Waals surface area (Å²) >= 11 is 0. The highest BCUT2D eigenvalue weighted by molar-refractivity contribution is 5.82. The molecule has 4 rings (SSSR count). The highest BCUT2D eigenvalue weighted by Crippen LogP contribution is 2.42. The minimum Gasteiger partial charge on any atom is -0.507 e. The summed E-state index contributed by atoms with van der Waals surface area (Å²) in [4.78, 5) is 0. The maximum absolute atomic E-state index is 13.7. The molecule has 2 aromatic carbocycles. The molecule has 2 atom stereocenters. The predicted molar refractivity (Wildman–Crippen MR) is 172 cm³/mol. The second-order valence-electron chi connectivity index (χ2n) is 11.3. The number of benzene rings is 2. The molecule has 10 heteroatoms. The van der Waals surface area contributed by atoms with E-state index >= 15 is 0 Å². The number of halogens is 6. The third-order valence-corrected chi connectivity index (χ3v) is 8.37. The molecule has 0 aromatic heterocycles. The van der Waals surface area contributed by atoms with Crippen LogP contribution in [0.2, 0.25) is 0 Å². The molecule has 252 valence electrons. The molecule has 0 bridgehead atoms. The Bertz CT molecular complexity index is 1390. The first-order chi connectivity index (χ1) is 21.8.